The molecule has 0 radical (unpaired) electrons. The highest BCUT2D eigenvalue weighted by molar-refractivity contribution is 9.10. The van der Waals surface area contributed by atoms with Gasteiger partial charge in [0.25, 0.3) is 0 Å². The molecule has 90 valence electrons. The van der Waals surface area contributed by atoms with E-state index >= 15 is 0 Å². The topological polar surface area (TPSA) is 84.3 Å². The van der Waals surface area contributed by atoms with Crippen molar-refractivity contribution in [2.45, 2.75) is 0 Å². The average molecular weight is 302 g/mol. The van der Waals surface area contributed by atoms with Crippen LogP contribution in [-0.4, -0.2) is 20.0 Å². The summed E-state index contributed by atoms with van der Waals surface area (Å²) in [7, 11) is 1.61. The molecule has 2 aromatic rings. The predicted molar refractivity (Wildman–Crippen MR) is 64.0 cm³/mol. The number of rotatable bonds is 1. The molecule has 0 amide bonds. The molecule has 1 aromatic carbocycles. The smallest absolute Gasteiger partial charge is 0.166 e. The van der Waals surface area contributed by atoms with E-state index in [2.05, 4.69) is 21.0 Å². The van der Waals surface area contributed by atoms with Crippen LogP contribution >= 0.6 is 15.9 Å². The van der Waals surface area contributed by atoms with Crippen LogP contribution in [0.15, 0.2) is 16.7 Å². The van der Waals surface area contributed by atoms with Crippen LogP contribution in [0, 0.1) is 5.82 Å². The largest absolute Gasteiger partial charge is 0.504 e. The Balaban J connectivity index is 2.79. The molecule has 0 aliphatic heterocycles. The highest BCUT2D eigenvalue weighted by Crippen LogP contribution is 2.44. The molecule has 0 aliphatic rings. The summed E-state index contributed by atoms with van der Waals surface area (Å²) in [6, 6.07) is 0.815. The Hall–Kier alpha value is -1.76. The number of nitrogens with zero attached hydrogens (tertiary/aromatic N) is 2. The molecule has 4 N–H and O–H groups in total. The minimum Gasteiger partial charge on any atom is -0.504 e. The summed E-state index contributed by atoms with van der Waals surface area (Å²) < 4.78 is 14.9. The summed E-state index contributed by atoms with van der Waals surface area (Å²) in [5.74, 6) is -1.44. The molecule has 0 saturated carbocycles. The fourth-order valence-electron chi connectivity index (χ4n) is 1.49. The Labute approximate surface area is 104 Å². The van der Waals surface area contributed by atoms with Crippen molar-refractivity contribution in [2.24, 2.45) is 7.05 Å². The Morgan fingerprint density at radius 3 is 2.65 bits per heavy atom. The van der Waals surface area contributed by atoms with Gasteiger partial charge in [-0.3, -0.25) is 4.68 Å². The number of halogens is 2. The summed E-state index contributed by atoms with van der Waals surface area (Å²) in [5.41, 5.74) is 6.15. The van der Waals surface area contributed by atoms with Gasteiger partial charge in [-0.05, 0) is 15.9 Å². The molecule has 1 aromatic heterocycles. The molecule has 7 heteroatoms. The predicted octanol–water partition coefficient (Wildman–Crippen LogP) is 1.98. The maximum Gasteiger partial charge on any atom is 0.166 e. The second-order valence-corrected chi connectivity index (χ2v) is 4.28. The molecule has 0 fully saturated rings. The van der Waals surface area contributed by atoms with Crippen LogP contribution in [0.1, 0.15) is 0 Å². The van der Waals surface area contributed by atoms with Gasteiger partial charge in [0.05, 0.1) is 10.7 Å². The second-order valence-electron chi connectivity index (χ2n) is 3.48. The minimum atomic E-state index is -0.696. The lowest BCUT2D eigenvalue weighted by atomic mass is 10.1. The first-order valence-electron chi connectivity index (χ1n) is 4.61. The van der Waals surface area contributed by atoms with Crippen LogP contribution in [0.4, 0.5) is 10.2 Å². The number of aryl methyl sites for hydroxylation is 1. The molecule has 0 spiro atoms. The van der Waals surface area contributed by atoms with Crippen molar-refractivity contribution in [2.75, 3.05) is 5.73 Å². The Kier molecular flexibility index (Phi) is 2.70. The zero-order valence-corrected chi connectivity index (χ0v) is 10.4. The van der Waals surface area contributed by atoms with Gasteiger partial charge in [0.2, 0.25) is 0 Å². The third-order valence-electron chi connectivity index (χ3n) is 2.43. The maximum absolute atomic E-state index is 13.5. The van der Waals surface area contributed by atoms with Crippen molar-refractivity contribution < 1.29 is 14.6 Å². The fourth-order valence-corrected chi connectivity index (χ4v) is 2.00. The lowest BCUT2D eigenvalue weighted by molar-refractivity contribution is 0.400. The van der Waals surface area contributed by atoms with Crippen LogP contribution in [-0.2, 0) is 7.05 Å². The van der Waals surface area contributed by atoms with Crippen LogP contribution in [0.2, 0.25) is 0 Å². The molecule has 5 nitrogen and oxygen atoms in total. The lowest BCUT2D eigenvalue weighted by Gasteiger charge is -2.09. The van der Waals surface area contributed by atoms with Crippen LogP contribution in [0.3, 0.4) is 0 Å². The highest BCUT2D eigenvalue weighted by atomic mass is 79.9. The van der Waals surface area contributed by atoms with Crippen molar-refractivity contribution in [1.82, 2.24) is 9.78 Å². The van der Waals surface area contributed by atoms with Gasteiger partial charge in [-0.25, -0.2) is 4.39 Å². The summed E-state index contributed by atoms with van der Waals surface area (Å²) in [6.45, 7) is 0. The van der Waals surface area contributed by atoms with Crippen molar-refractivity contribution in [3.05, 3.63) is 22.6 Å². The number of nitrogens with two attached hydrogens (primary N) is 1. The van der Waals surface area contributed by atoms with Crippen LogP contribution in [0.5, 0.6) is 11.5 Å². The number of phenols is 2. The maximum atomic E-state index is 13.5. The van der Waals surface area contributed by atoms with E-state index in [4.69, 9.17) is 5.73 Å². The van der Waals surface area contributed by atoms with E-state index in [0.717, 1.165) is 6.07 Å². The standard InChI is InChI=1S/C10H9BrFN3O2/c1-15-10(13)4(3-14-15)7-8(11)5(12)2-6(16)9(7)17/h2-3,16-17H,13H2,1H3. The molecule has 2 rings (SSSR count). The van der Waals surface area contributed by atoms with Crippen LogP contribution < -0.4 is 5.73 Å². The SMILES string of the molecule is Cn1ncc(-c2c(O)c(O)cc(F)c2Br)c1N. The molecule has 0 saturated heterocycles. The Morgan fingerprint density at radius 2 is 2.12 bits per heavy atom. The van der Waals surface area contributed by atoms with Crippen molar-refractivity contribution >= 4 is 21.7 Å². The van der Waals surface area contributed by atoms with E-state index in [1.54, 1.807) is 7.05 Å². The summed E-state index contributed by atoms with van der Waals surface area (Å²) in [6.07, 6.45) is 1.38. The molecular weight excluding hydrogens is 293 g/mol. The normalized spacial score (nSPS) is 10.8. The Bertz CT molecular complexity index is 571. The van der Waals surface area contributed by atoms with Crippen molar-refractivity contribution in [3.63, 3.8) is 0 Å². The summed E-state index contributed by atoms with van der Waals surface area (Å²) in [4.78, 5) is 0. The van der Waals surface area contributed by atoms with Crippen molar-refractivity contribution in [1.29, 1.82) is 0 Å². The van der Waals surface area contributed by atoms with Gasteiger partial charge in [-0.2, -0.15) is 5.10 Å². The lowest BCUT2D eigenvalue weighted by Crippen LogP contribution is -1.98. The van der Waals surface area contributed by atoms with Gasteiger partial charge in [-0.1, -0.05) is 0 Å². The number of anilines is 1. The van der Waals surface area contributed by atoms with Gasteiger partial charge in [-0.15, -0.1) is 0 Å². The van der Waals surface area contributed by atoms with Gasteiger partial charge >= 0.3 is 0 Å². The van der Waals surface area contributed by atoms with Gasteiger partial charge < -0.3 is 15.9 Å². The van der Waals surface area contributed by atoms with E-state index in [1.165, 1.54) is 10.9 Å². The summed E-state index contributed by atoms with van der Waals surface area (Å²) in [5, 5.41) is 23.0. The first-order chi connectivity index (χ1) is 7.93. The summed E-state index contributed by atoms with van der Waals surface area (Å²) >= 11 is 3.01. The third-order valence-corrected chi connectivity index (χ3v) is 3.20. The van der Waals surface area contributed by atoms with E-state index in [9.17, 15) is 14.6 Å². The first-order valence-corrected chi connectivity index (χ1v) is 5.40. The third kappa shape index (κ3) is 1.72. The molecule has 0 atom stereocenters. The molecule has 0 bridgehead atoms. The van der Waals surface area contributed by atoms with E-state index in [1.807, 2.05) is 0 Å². The minimum absolute atomic E-state index is 0.0208. The number of nitrogen functional groups attached to an aromatic ring is 1. The zero-order chi connectivity index (χ0) is 12.7. The zero-order valence-electron chi connectivity index (χ0n) is 8.78. The van der Waals surface area contributed by atoms with Gasteiger partial charge in [0.15, 0.2) is 11.5 Å². The first kappa shape index (κ1) is 11.7. The molecule has 1 heterocycles. The number of aromatic nitrogens is 2. The van der Waals surface area contributed by atoms with Gasteiger partial charge in [0.1, 0.15) is 11.6 Å². The van der Waals surface area contributed by atoms with Gasteiger partial charge in [0, 0.05) is 24.2 Å². The average Bonchev–Trinajstić information content (AvgIpc) is 2.59. The number of aromatic hydroxyl groups is 2. The number of hydrogen-bond donors (Lipinski definition) is 3. The van der Waals surface area contributed by atoms with Crippen molar-refractivity contribution in [3.8, 4) is 22.6 Å². The second kappa shape index (κ2) is 3.92. The molecule has 0 unspecified atom stereocenters. The number of phenolic OH excluding ortho intramolecular Hbond substituents is 2. The van der Waals surface area contributed by atoms with Crippen LogP contribution in [0.25, 0.3) is 11.1 Å². The number of hydrogen-bond acceptors (Lipinski definition) is 4. The van der Waals surface area contributed by atoms with E-state index in [-0.39, 0.29) is 15.9 Å². The fraction of sp³-hybridized carbons (Fsp3) is 0.100. The molecule has 0 aliphatic carbocycles. The Morgan fingerprint density at radius 1 is 1.47 bits per heavy atom. The monoisotopic (exact) mass is 301 g/mol. The van der Waals surface area contributed by atoms with E-state index < -0.39 is 17.3 Å². The quantitative estimate of drug-likeness (QED) is 0.703. The number of benzene rings is 1. The molecule has 17 heavy (non-hydrogen) atoms. The van der Waals surface area contributed by atoms with E-state index in [0.29, 0.717) is 5.56 Å². The highest BCUT2D eigenvalue weighted by Gasteiger charge is 2.21. The molecular formula is C10H9BrFN3O2.